The van der Waals surface area contributed by atoms with Gasteiger partial charge in [0.15, 0.2) is 0 Å². The van der Waals surface area contributed by atoms with Gasteiger partial charge in [-0.2, -0.15) is 0 Å². The van der Waals surface area contributed by atoms with E-state index in [-0.39, 0.29) is 6.71 Å². The molecule has 0 saturated carbocycles. The van der Waals surface area contributed by atoms with Crippen LogP contribution in [0.5, 0.6) is 0 Å². The van der Waals surface area contributed by atoms with Crippen molar-refractivity contribution >= 4 is 79.2 Å². The van der Waals surface area contributed by atoms with Gasteiger partial charge in [0.25, 0.3) is 6.71 Å². The van der Waals surface area contributed by atoms with Gasteiger partial charge in [0.2, 0.25) is 0 Å². The maximum Gasteiger partial charge on any atom is 0.252 e. The molecule has 0 bridgehead atoms. The third-order valence-electron chi connectivity index (χ3n) is 9.64. The van der Waals surface area contributed by atoms with E-state index in [2.05, 4.69) is 161 Å². The highest BCUT2D eigenvalue weighted by Crippen LogP contribution is 2.44. The van der Waals surface area contributed by atoms with E-state index in [9.17, 15) is 0 Å². The summed E-state index contributed by atoms with van der Waals surface area (Å²) in [6, 6.07) is 59.0. The van der Waals surface area contributed by atoms with Crippen LogP contribution in [0.4, 0.5) is 34.1 Å². The molecule has 8 aromatic rings. The molecule has 0 saturated heterocycles. The van der Waals surface area contributed by atoms with Gasteiger partial charge >= 0.3 is 0 Å². The van der Waals surface area contributed by atoms with Crippen LogP contribution >= 0.6 is 0 Å². The Morgan fingerprint density at radius 3 is 1.72 bits per heavy atom. The molecule has 0 amide bonds. The molecule has 7 aromatic carbocycles. The summed E-state index contributed by atoms with van der Waals surface area (Å²) in [5.41, 5.74) is 15.3. The summed E-state index contributed by atoms with van der Waals surface area (Å²) in [6.45, 7) is 0.0761. The fourth-order valence-electron chi connectivity index (χ4n) is 7.69. The number of rotatable bonds is 3. The summed E-state index contributed by atoms with van der Waals surface area (Å²) in [4.78, 5) is 4.87. The van der Waals surface area contributed by atoms with Crippen LogP contribution in [0.1, 0.15) is 0 Å². The Kier molecular flexibility index (Phi) is 5.37. The topological polar surface area (TPSA) is 19.6 Å². The zero-order valence-electron chi connectivity index (χ0n) is 25.0. The standard InChI is InChI=1S/C42H27BN2O/c1-3-12-30(13-4-1)44-36-18-9-8-17-34(36)43-35-26-28(29-22-24-33-32-16-7-10-21-40(32)46-41(33)27-29)23-25-37(35)45(31-14-5-2-6-15-31)39-20-11-19-38(44)42(39)43/h1-27H. The minimum absolute atomic E-state index is 0.0761. The van der Waals surface area contributed by atoms with Gasteiger partial charge in [-0.25, -0.2) is 0 Å². The molecule has 0 spiro atoms. The summed E-state index contributed by atoms with van der Waals surface area (Å²) < 4.78 is 6.30. The predicted molar refractivity (Wildman–Crippen MR) is 193 cm³/mol. The number of hydrogen-bond donors (Lipinski definition) is 0. The second-order valence-electron chi connectivity index (χ2n) is 12.1. The maximum absolute atomic E-state index is 6.30. The van der Waals surface area contributed by atoms with Crippen molar-refractivity contribution in [3.05, 3.63) is 164 Å². The first-order valence-electron chi connectivity index (χ1n) is 15.8. The first-order chi connectivity index (χ1) is 22.8. The molecule has 4 heteroatoms. The fourth-order valence-corrected chi connectivity index (χ4v) is 7.69. The van der Waals surface area contributed by atoms with Gasteiger partial charge in [0, 0.05) is 44.9 Å². The second kappa shape index (κ2) is 9.75. The molecular formula is C42H27BN2O. The summed E-state index contributed by atoms with van der Waals surface area (Å²) in [5.74, 6) is 0. The average molecular weight is 587 g/mol. The number of para-hydroxylation sites is 4. The second-order valence-corrected chi connectivity index (χ2v) is 12.1. The summed E-state index contributed by atoms with van der Waals surface area (Å²) >= 11 is 0. The Balaban J connectivity index is 1.23. The zero-order valence-corrected chi connectivity index (χ0v) is 25.0. The lowest BCUT2D eigenvalue weighted by molar-refractivity contribution is 0.669. The molecule has 46 heavy (non-hydrogen) atoms. The molecule has 0 N–H and O–H groups in total. The number of anilines is 6. The van der Waals surface area contributed by atoms with Gasteiger partial charge in [-0.15, -0.1) is 0 Å². The Morgan fingerprint density at radius 1 is 0.391 bits per heavy atom. The van der Waals surface area contributed by atoms with Crippen molar-refractivity contribution in [3.8, 4) is 11.1 Å². The lowest BCUT2D eigenvalue weighted by atomic mass is 9.33. The number of fused-ring (bicyclic) bond motifs is 7. The first kappa shape index (κ1) is 25.3. The van der Waals surface area contributed by atoms with Crippen molar-refractivity contribution in [3.63, 3.8) is 0 Å². The molecule has 0 unspecified atom stereocenters. The first-order valence-corrected chi connectivity index (χ1v) is 15.8. The van der Waals surface area contributed by atoms with Gasteiger partial charge in [-0.1, -0.05) is 97.1 Å². The van der Waals surface area contributed by atoms with Crippen LogP contribution in [0.2, 0.25) is 0 Å². The van der Waals surface area contributed by atoms with Crippen molar-refractivity contribution < 1.29 is 4.42 Å². The van der Waals surface area contributed by atoms with Crippen molar-refractivity contribution in [2.75, 3.05) is 9.80 Å². The van der Waals surface area contributed by atoms with Gasteiger partial charge in [0.1, 0.15) is 11.2 Å². The van der Waals surface area contributed by atoms with E-state index in [1.54, 1.807) is 0 Å². The molecule has 2 aliphatic rings. The van der Waals surface area contributed by atoms with Crippen LogP contribution < -0.4 is 26.2 Å². The Bertz CT molecular complexity index is 2440. The molecule has 0 fully saturated rings. The van der Waals surface area contributed by atoms with Crippen molar-refractivity contribution in [2.24, 2.45) is 0 Å². The maximum atomic E-state index is 6.30. The zero-order chi connectivity index (χ0) is 30.2. The van der Waals surface area contributed by atoms with Gasteiger partial charge in [-0.3, -0.25) is 0 Å². The van der Waals surface area contributed by atoms with Crippen LogP contribution in [0.25, 0.3) is 33.1 Å². The molecule has 3 nitrogen and oxygen atoms in total. The third kappa shape index (κ3) is 3.61. The number of hydrogen-bond acceptors (Lipinski definition) is 3. The van der Waals surface area contributed by atoms with Crippen molar-refractivity contribution in [1.29, 1.82) is 0 Å². The molecule has 0 radical (unpaired) electrons. The van der Waals surface area contributed by atoms with Crippen LogP contribution in [-0.2, 0) is 0 Å². The quantitative estimate of drug-likeness (QED) is 0.192. The molecule has 214 valence electrons. The summed E-state index contributed by atoms with van der Waals surface area (Å²) in [5, 5.41) is 2.30. The highest BCUT2D eigenvalue weighted by atomic mass is 16.3. The van der Waals surface area contributed by atoms with E-state index < -0.39 is 0 Å². The highest BCUT2D eigenvalue weighted by Gasteiger charge is 2.43. The molecule has 0 atom stereocenters. The lowest BCUT2D eigenvalue weighted by Gasteiger charge is -2.44. The highest BCUT2D eigenvalue weighted by molar-refractivity contribution is 7.00. The molecule has 1 aromatic heterocycles. The molecule has 2 aliphatic heterocycles. The lowest BCUT2D eigenvalue weighted by Crippen LogP contribution is -2.61. The van der Waals surface area contributed by atoms with Crippen LogP contribution in [0.3, 0.4) is 0 Å². The van der Waals surface area contributed by atoms with E-state index >= 15 is 0 Å². The van der Waals surface area contributed by atoms with E-state index in [1.807, 2.05) is 12.1 Å². The van der Waals surface area contributed by atoms with E-state index in [0.717, 1.165) is 38.9 Å². The van der Waals surface area contributed by atoms with Crippen LogP contribution in [-0.4, -0.2) is 6.71 Å². The molecular weight excluding hydrogens is 559 g/mol. The smallest absolute Gasteiger partial charge is 0.252 e. The molecule has 0 aliphatic carbocycles. The predicted octanol–water partition coefficient (Wildman–Crippen LogP) is 9.34. The van der Waals surface area contributed by atoms with Gasteiger partial charge < -0.3 is 14.2 Å². The molecule has 3 heterocycles. The van der Waals surface area contributed by atoms with Gasteiger partial charge in [0.05, 0.1) is 0 Å². The van der Waals surface area contributed by atoms with Crippen molar-refractivity contribution in [1.82, 2.24) is 0 Å². The fraction of sp³-hybridized carbons (Fsp3) is 0. The Hall–Kier alpha value is -6.00. The summed E-state index contributed by atoms with van der Waals surface area (Å²) in [7, 11) is 0. The van der Waals surface area contributed by atoms with Crippen LogP contribution in [0, 0.1) is 0 Å². The minimum atomic E-state index is 0.0761. The molecule has 10 rings (SSSR count). The van der Waals surface area contributed by atoms with Crippen LogP contribution in [0.15, 0.2) is 168 Å². The monoisotopic (exact) mass is 586 g/mol. The van der Waals surface area contributed by atoms with E-state index in [1.165, 1.54) is 44.7 Å². The summed E-state index contributed by atoms with van der Waals surface area (Å²) in [6.07, 6.45) is 0. The van der Waals surface area contributed by atoms with Crippen molar-refractivity contribution in [2.45, 2.75) is 0 Å². The largest absolute Gasteiger partial charge is 0.456 e. The third-order valence-corrected chi connectivity index (χ3v) is 9.64. The minimum Gasteiger partial charge on any atom is -0.456 e. The van der Waals surface area contributed by atoms with Gasteiger partial charge in [-0.05, 0) is 94.2 Å². The number of furan rings is 1. The average Bonchev–Trinajstić information content (AvgIpc) is 3.50. The Morgan fingerprint density at radius 2 is 0.957 bits per heavy atom. The number of nitrogens with zero attached hydrogens (tertiary/aromatic N) is 2. The van der Waals surface area contributed by atoms with E-state index in [0.29, 0.717) is 0 Å². The number of benzene rings is 7. The SMILES string of the molecule is c1ccc(N2c3ccccc3B3c4cc(-c5ccc6c(c5)oc5ccccc56)ccc4N(c4ccccc4)c4cccc2c43)cc1. The normalized spacial score (nSPS) is 13.1. The van der Waals surface area contributed by atoms with E-state index in [4.69, 9.17) is 4.42 Å². The Labute approximate surface area is 267 Å².